The van der Waals surface area contributed by atoms with E-state index in [9.17, 15) is 23.3 Å². The lowest BCUT2D eigenvalue weighted by molar-refractivity contribution is -0.385. The molecule has 3 heterocycles. The third-order valence-electron chi connectivity index (χ3n) is 4.00. The molecule has 1 atom stereocenters. The number of carbonyl (C=O) groups excluding carboxylic acids is 1. The topological polar surface area (TPSA) is 115 Å². The van der Waals surface area contributed by atoms with Gasteiger partial charge in [-0.15, -0.1) is 11.3 Å². The molecule has 3 rings (SSSR count). The first kappa shape index (κ1) is 17.5. The monoisotopic (exact) mass is 384 g/mol. The second kappa shape index (κ2) is 6.92. The molecule has 1 aliphatic heterocycles. The predicted octanol–water partition coefficient (Wildman–Crippen LogP) is 1.07. The van der Waals surface area contributed by atoms with Gasteiger partial charge in [-0.3, -0.25) is 19.6 Å². The Labute approximate surface area is 147 Å². The van der Waals surface area contributed by atoms with Gasteiger partial charge in [-0.05, 0) is 17.9 Å². The number of hydrogen-bond donors (Lipinski definition) is 0. The predicted molar refractivity (Wildman–Crippen MR) is 90.8 cm³/mol. The number of hydrogen-bond acceptors (Lipinski definition) is 7. The normalized spacial score (nSPS) is 19.0. The van der Waals surface area contributed by atoms with Crippen molar-refractivity contribution in [3.05, 3.63) is 44.9 Å². The highest BCUT2D eigenvalue weighted by Crippen LogP contribution is 2.22. The molecule has 0 radical (unpaired) electrons. The van der Waals surface area contributed by atoms with Crippen molar-refractivity contribution in [2.75, 3.05) is 11.5 Å². The van der Waals surface area contributed by atoms with E-state index < -0.39 is 14.8 Å². The summed E-state index contributed by atoms with van der Waals surface area (Å²) >= 11 is 1.49. The number of thiophene rings is 1. The Morgan fingerprint density at radius 1 is 1.52 bits per heavy atom. The lowest BCUT2D eigenvalue weighted by Gasteiger charge is -2.27. The Hall–Kier alpha value is -2.27. The minimum Gasteiger partial charge on any atom is -0.332 e. The molecule has 2 aromatic rings. The fourth-order valence-corrected chi connectivity index (χ4v) is 5.21. The van der Waals surface area contributed by atoms with Crippen LogP contribution in [0.25, 0.3) is 0 Å². The summed E-state index contributed by atoms with van der Waals surface area (Å²) in [5, 5.41) is 16.4. The van der Waals surface area contributed by atoms with E-state index in [4.69, 9.17) is 0 Å². The maximum absolute atomic E-state index is 12.7. The molecule has 11 heteroatoms. The lowest BCUT2D eigenvalue weighted by atomic mass is 10.2. The lowest BCUT2D eigenvalue weighted by Crippen LogP contribution is -2.42. The van der Waals surface area contributed by atoms with Gasteiger partial charge in [0.15, 0.2) is 9.84 Å². The molecule has 134 valence electrons. The van der Waals surface area contributed by atoms with Crippen molar-refractivity contribution in [2.24, 2.45) is 0 Å². The molecule has 25 heavy (non-hydrogen) atoms. The smallest absolute Gasteiger partial charge is 0.307 e. The van der Waals surface area contributed by atoms with Crippen LogP contribution in [0.5, 0.6) is 0 Å². The molecule has 0 saturated carbocycles. The van der Waals surface area contributed by atoms with Gasteiger partial charge in [0.1, 0.15) is 18.9 Å². The maximum atomic E-state index is 12.7. The van der Waals surface area contributed by atoms with E-state index in [1.807, 2.05) is 17.5 Å². The molecule has 1 saturated heterocycles. The van der Waals surface area contributed by atoms with Crippen molar-refractivity contribution >= 4 is 32.8 Å². The van der Waals surface area contributed by atoms with Gasteiger partial charge in [-0.25, -0.2) is 8.42 Å². The quantitative estimate of drug-likeness (QED) is 0.543. The first-order valence-corrected chi connectivity index (χ1v) is 10.2. The zero-order valence-corrected chi connectivity index (χ0v) is 14.8. The van der Waals surface area contributed by atoms with Crippen LogP contribution >= 0.6 is 11.3 Å². The van der Waals surface area contributed by atoms with E-state index in [-0.39, 0.29) is 35.7 Å². The van der Waals surface area contributed by atoms with Crippen LogP contribution in [0.2, 0.25) is 0 Å². The van der Waals surface area contributed by atoms with Crippen molar-refractivity contribution in [3.63, 3.8) is 0 Å². The summed E-state index contributed by atoms with van der Waals surface area (Å²) in [5.41, 5.74) is -0.193. The molecule has 2 aromatic heterocycles. The number of nitro groups is 1. The van der Waals surface area contributed by atoms with E-state index in [2.05, 4.69) is 5.10 Å². The number of sulfone groups is 1. The zero-order valence-electron chi connectivity index (χ0n) is 13.1. The average Bonchev–Trinajstić information content (AvgIpc) is 3.25. The summed E-state index contributed by atoms with van der Waals surface area (Å²) < 4.78 is 24.8. The molecule has 9 nitrogen and oxygen atoms in total. The van der Waals surface area contributed by atoms with Crippen LogP contribution in [-0.4, -0.2) is 51.5 Å². The molecule has 0 N–H and O–H groups in total. The van der Waals surface area contributed by atoms with E-state index in [1.165, 1.54) is 22.2 Å². The van der Waals surface area contributed by atoms with Crippen LogP contribution in [-0.2, 0) is 27.7 Å². The fourth-order valence-electron chi connectivity index (χ4n) is 2.78. The van der Waals surface area contributed by atoms with Crippen LogP contribution in [0, 0.1) is 10.1 Å². The van der Waals surface area contributed by atoms with Crippen LogP contribution in [0.4, 0.5) is 5.69 Å². The Bertz CT molecular complexity index is 875. The molecule has 1 fully saturated rings. The van der Waals surface area contributed by atoms with Gasteiger partial charge in [0.05, 0.1) is 23.0 Å². The molecule has 0 spiro atoms. The van der Waals surface area contributed by atoms with E-state index in [0.29, 0.717) is 13.0 Å². The Morgan fingerprint density at radius 2 is 2.32 bits per heavy atom. The van der Waals surface area contributed by atoms with Crippen LogP contribution in [0.15, 0.2) is 29.9 Å². The largest absolute Gasteiger partial charge is 0.332 e. The minimum absolute atomic E-state index is 0.0522. The Morgan fingerprint density at radius 3 is 2.88 bits per heavy atom. The second-order valence-electron chi connectivity index (χ2n) is 5.81. The van der Waals surface area contributed by atoms with Crippen molar-refractivity contribution < 1.29 is 18.1 Å². The zero-order chi connectivity index (χ0) is 18.0. The summed E-state index contributed by atoms with van der Waals surface area (Å²) in [5.74, 6) is -0.295. The highest BCUT2D eigenvalue weighted by atomic mass is 32.2. The SMILES string of the molecule is O=C(Cn1cc([N+](=O)[O-])cn1)N(Cc1cccs1)C1CCS(=O)(=O)C1. The van der Waals surface area contributed by atoms with Gasteiger partial charge < -0.3 is 4.90 Å². The van der Waals surface area contributed by atoms with Crippen molar-refractivity contribution in [3.8, 4) is 0 Å². The molecular formula is C14H16N4O5S2. The highest BCUT2D eigenvalue weighted by molar-refractivity contribution is 7.91. The van der Waals surface area contributed by atoms with Crippen LogP contribution in [0.1, 0.15) is 11.3 Å². The molecule has 0 aromatic carbocycles. The van der Waals surface area contributed by atoms with Crippen LogP contribution < -0.4 is 0 Å². The van der Waals surface area contributed by atoms with Gasteiger partial charge >= 0.3 is 5.69 Å². The van der Waals surface area contributed by atoms with Gasteiger partial charge in [0.25, 0.3) is 0 Å². The summed E-state index contributed by atoms with van der Waals surface area (Å²) in [6, 6.07) is 3.36. The average molecular weight is 384 g/mol. The summed E-state index contributed by atoms with van der Waals surface area (Å²) in [6.45, 7) is 0.149. The third kappa shape index (κ3) is 4.23. The van der Waals surface area contributed by atoms with Crippen molar-refractivity contribution in [2.45, 2.75) is 25.6 Å². The van der Waals surface area contributed by atoms with E-state index in [0.717, 1.165) is 11.1 Å². The van der Waals surface area contributed by atoms with Crippen molar-refractivity contribution in [1.29, 1.82) is 0 Å². The maximum Gasteiger partial charge on any atom is 0.307 e. The number of amides is 1. The molecule has 1 unspecified atom stereocenters. The number of aromatic nitrogens is 2. The summed E-state index contributed by atoms with van der Waals surface area (Å²) in [7, 11) is -3.14. The molecule has 1 amide bonds. The standard InChI is InChI=1S/C14H16N4O5S2/c19-14(9-16-7-12(6-15-16)18(20)21)17(8-13-2-1-4-24-13)11-3-5-25(22,23)10-11/h1-2,4,6-7,11H,3,5,8-10H2. The number of carbonyl (C=O) groups is 1. The molecule has 0 aliphatic carbocycles. The molecular weight excluding hydrogens is 368 g/mol. The summed E-state index contributed by atoms with van der Waals surface area (Å²) in [6.07, 6.45) is 2.67. The Balaban J connectivity index is 1.77. The Kier molecular flexibility index (Phi) is 4.86. The number of nitrogens with zero attached hydrogens (tertiary/aromatic N) is 4. The van der Waals surface area contributed by atoms with Crippen LogP contribution in [0.3, 0.4) is 0 Å². The van der Waals surface area contributed by atoms with E-state index >= 15 is 0 Å². The first-order chi connectivity index (χ1) is 11.8. The molecule has 1 aliphatic rings. The van der Waals surface area contributed by atoms with Gasteiger partial charge in [-0.2, -0.15) is 5.10 Å². The van der Waals surface area contributed by atoms with Gasteiger partial charge in [-0.1, -0.05) is 6.07 Å². The highest BCUT2D eigenvalue weighted by Gasteiger charge is 2.35. The van der Waals surface area contributed by atoms with Gasteiger partial charge in [0, 0.05) is 10.9 Å². The van der Waals surface area contributed by atoms with E-state index in [1.54, 1.807) is 4.90 Å². The minimum atomic E-state index is -3.14. The first-order valence-electron chi connectivity index (χ1n) is 7.53. The second-order valence-corrected chi connectivity index (χ2v) is 9.07. The number of rotatable bonds is 6. The van der Waals surface area contributed by atoms with Gasteiger partial charge in [0.2, 0.25) is 5.91 Å². The summed E-state index contributed by atoms with van der Waals surface area (Å²) in [4.78, 5) is 25.4. The fraction of sp³-hybridized carbons (Fsp3) is 0.429. The molecule has 0 bridgehead atoms. The third-order valence-corrected chi connectivity index (χ3v) is 6.61. The van der Waals surface area contributed by atoms with Crippen molar-refractivity contribution in [1.82, 2.24) is 14.7 Å².